The minimum absolute atomic E-state index is 0.159. The molecule has 0 bridgehead atoms. The summed E-state index contributed by atoms with van der Waals surface area (Å²) in [5.41, 5.74) is 2.40. The molecule has 1 nitrogen and oxygen atoms in total. The second kappa shape index (κ2) is 4.59. The fourth-order valence-corrected chi connectivity index (χ4v) is 4.52. The summed E-state index contributed by atoms with van der Waals surface area (Å²) in [6.45, 7) is 0. The average Bonchev–Trinajstić information content (AvgIpc) is 2.94. The average molecular weight is 372 g/mol. The molecule has 1 unspecified atom stereocenters. The van der Waals surface area contributed by atoms with E-state index in [2.05, 4.69) is 61.5 Å². The van der Waals surface area contributed by atoms with E-state index < -0.39 is 0 Å². The maximum atomic E-state index is 5.29. The molecule has 1 atom stereocenters. The molecule has 0 aliphatic carbocycles. The Morgan fingerprint density at radius 2 is 1.94 bits per heavy atom. The Morgan fingerprint density at radius 3 is 2.71 bits per heavy atom. The second-order valence-electron chi connectivity index (χ2n) is 3.70. The van der Waals surface area contributed by atoms with Crippen molar-refractivity contribution in [1.29, 1.82) is 0 Å². The monoisotopic (exact) mass is 370 g/mol. The summed E-state index contributed by atoms with van der Waals surface area (Å²) in [5.74, 6) is 0. The van der Waals surface area contributed by atoms with Gasteiger partial charge in [0.15, 0.2) is 4.67 Å². The molecule has 0 radical (unpaired) electrons. The van der Waals surface area contributed by atoms with Crippen LogP contribution in [0, 0.1) is 0 Å². The van der Waals surface area contributed by atoms with E-state index in [0.29, 0.717) is 0 Å². The van der Waals surface area contributed by atoms with Crippen LogP contribution >= 0.6 is 43.2 Å². The molecule has 0 saturated heterocycles. The number of halogens is 2. The molecule has 3 aromatic rings. The number of hydrogen-bond acceptors (Lipinski definition) is 2. The molecule has 4 heteroatoms. The number of benzene rings is 1. The third kappa shape index (κ3) is 1.98. The van der Waals surface area contributed by atoms with Gasteiger partial charge in [0.1, 0.15) is 0 Å². The highest BCUT2D eigenvalue weighted by Crippen LogP contribution is 2.41. The van der Waals surface area contributed by atoms with Gasteiger partial charge in [0.2, 0.25) is 0 Å². The summed E-state index contributed by atoms with van der Waals surface area (Å²) in [7, 11) is 0. The zero-order chi connectivity index (χ0) is 11.8. The van der Waals surface area contributed by atoms with Crippen LogP contribution in [0.3, 0.4) is 0 Å². The highest BCUT2D eigenvalue weighted by molar-refractivity contribution is 9.10. The molecule has 17 heavy (non-hydrogen) atoms. The van der Waals surface area contributed by atoms with Crippen molar-refractivity contribution in [2.24, 2.45) is 0 Å². The van der Waals surface area contributed by atoms with Crippen molar-refractivity contribution >= 4 is 53.3 Å². The van der Waals surface area contributed by atoms with Gasteiger partial charge in [0.25, 0.3) is 0 Å². The SMILES string of the molecule is Brc1occc1C(Br)c1csc2ccccc12. The Labute approximate surface area is 120 Å². The van der Waals surface area contributed by atoms with E-state index in [9.17, 15) is 0 Å². The molecule has 0 fully saturated rings. The lowest BCUT2D eigenvalue weighted by Gasteiger charge is -2.07. The molecular formula is C13H8Br2OS. The first kappa shape index (κ1) is 11.5. The van der Waals surface area contributed by atoms with Gasteiger partial charge >= 0.3 is 0 Å². The van der Waals surface area contributed by atoms with Crippen molar-refractivity contribution in [3.8, 4) is 0 Å². The maximum absolute atomic E-state index is 5.29. The molecule has 2 aromatic heterocycles. The van der Waals surface area contributed by atoms with E-state index in [1.807, 2.05) is 6.07 Å². The number of rotatable bonds is 2. The predicted octanol–water partition coefficient (Wildman–Crippen LogP) is 5.74. The summed E-state index contributed by atoms with van der Waals surface area (Å²) >= 11 is 8.93. The standard InChI is InChI=1S/C13H8Br2OS/c14-12(9-5-6-16-13(9)15)10-7-17-11-4-2-1-3-8(10)11/h1-7,12H. The number of furan rings is 1. The fraction of sp³-hybridized carbons (Fsp3) is 0.0769. The van der Waals surface area contributed by atoms with Gasteiger partial charge in [0.05, 0.1) is 11.1 Å². The van der Waals surface area contributed by atoms with E-state index in [4.69, 9.17) is 4.42 Å². The molecule has 2 heterocycles. The molecule has 86 valence electrons. The number of thiophene rings is 1. The summed E-state index contributed by atoms with van der Waals surface area (Å²) in [5, 5.41) is 3.50. The molecule has 3 rings (SSSR count). The quantitative estimate of drug-likeness (QED) is 0.523. The molecular weight excluding hydrogens is 364 g/mol. The van der Waals surface area contributed by atoms with Gasteiger partial charge in [-0.15, -0.1) is 11.3 Å². The first-order chi connectivity index (χ1) is 8.27. The van der Waals surface area contributed by atoms with Crippen LogP contribution in [0.2, 0.25) is 0 Å². The van der Waals surface area contributed by atoms with E-state index in [-0.39, 0.29) is 4.83 Å². The van der Waals surface area contributed by atoms with Crippen LogP contribution in [0.5, 0.6) is 0 Å². The molecule has 0 amide bonds. The summed E-state index contributed by atoms with van der Waals surface area (Å²) < 4.78 is 7.38. The topological polar surface area (TPSA) is 13.1 Å². The van der Waals surface area contributed by atoms with Gasteiger partial charge in [-0.25, -0.2) is 0 Å². The lowest BCUT2D eigenvalue weighted by molar-refractivity contribution is 0.538. The van der Waals surface area contributed by atoms with Crippen LogP contribution in [0.15, 0.2) is 51.1 Å². The van der Waals surface area contributed by atoms with Crippen LogP contribution in [0.25, 0.3) is 10.1 Å². The Hall–Kier alpha value is -0.580. The number of fused-ring (bicyclic) bond motifs is 1. The first-order valence-corrected chi connectivity index (χ1v) is 7.69. The summed E-state index contributed by atoms with van der Waals surface area (Å²) in [6, 6.07) is 10.4. The van der Waals surface area contributed by atoms with Gasteiger partial charge in [-0.3, -0.25) is 0 Å². The van der Waals surface area contributed by atoms with Crippen LogP contribution in [-0.2, 0) is 0 Å². The van der Waals surface area contributed by atoms with Crippen molar-refractivity contribution in [3.05, 3.63) is 57.8 Å². The maximum Gasteiger partial charge on any atom is 0.173 e. The molecule has 0 spiro atoms. The third-order valence-corrected chi connectivity index (χ3v) is 5.32. The minimum Gasteiger partial charge on any atom is -0.457 e. The van der Waals surface area contributed by atoms with Crippen molar-refractivity contribution in [1.82, 2.24) is 0 Å². The largest absolute Gasteiger partial charge is 0.457 e. The molecule has 1 aromatic carbocycles. The highest BCUT2D eigenvalue weighted by atomic mass is 79.9. The van der Waals surface area contributed by atoms with E-state index in [1.165, 1.54) is 15.6 Å². The molecule has 0 N–H and O–H groups in total. The van der Waals surface area contributed by atoms with Crippen molar-refractivity contribution in [2.75, 3.05) is 0 Å². The molecule has 0 aliphatic rings. The van der Waals surface area contributed by atoms with Gasteiger partial charge in [-0.2, -0.15) is 0 Å². The van der Waals surface area contributed by atoms with Gasteiger partial charge in [-0.1, -0.05) is 34.1 Å². The van der Waals surface area contributed by atoms with E-state index in [0.717, 1.165) is 10.2 Å². The summed E-state index contributed by atoms with van der Waals surface area (Å²) in [6.07, 6.45) is 1.70. The minimum atomic E-state index is 0.159. The molecule has 0 aliphatic heterocycles. The smallest absolute Gasteiger partial charge is 0.173 e. The Kier molecular flexibility index (Phi) is 3.11. The van der Waals surface area contributed by atoms with Crippen molar-refractivity contribution in [2.45, 2.75) is 4.83 Å². The molecule has 0 saturated carbocycles. The number of hydrogen-bond donors (Lipinski definition) is 0. The lowest BCUT2D eigenvalue weighted by atomic mass is 10.1. The van der Waals surface area contributed by atoms with Crippen molar-refractivity contribution in [3.63, 3.8) is 0 Å². The Balaban J connectivity index is 2.13. The van der Waals surface area contributed by atoms with Crippen LogP contribution in [0.1, 0.15) is 16.0 Å². The first-order valence-electron chi connectivity index (χ1n) is 5.10. The zero-order valence-electron chi connectivity index (χ0n) is 8.69. The van der Waals surface area contributed by atoms with Crippen LogP contribution in [-0.4, -0.2) is 0 Å². The van der Waals surface area contributed by atoms with E-state index >= 15 is 0 Å². The van der Waals surface area contributed by atoms with Crippen molar-refractivity contribution < 1.29 is 4.42 Å². The van der Waals surface area contributed by atoms with Gasteiger partial charge in [-0.05, 0) is 44.4 Å². The Bertz CT molecular complexity index is 656. The lowest BCUT2D eigenvalue weighted by Crippen LogP contribution is -1.89. The summed E-state index contributed by atoms with van der Waals surface area (Å²) in [4.78, 5) is 0.159. The fourth-order valence-electron chi connectivity index (χ4n) is 1.85. The zero-order valence-corrected chi connectivity index (χ0v) is 12.7. The van der Waals surface area contributed by atoms with E-state index in [1.54, 1.807) is 17.6 Å². The highest BCUT2D eigenvalue weighted by Gasteiger charge is 2.18. The number of alkyl halides is 1. The van der Waals surface area contributed by atoms with Gasteiger partial charge < -0.3 is 4.42 Å². The van der Waals surface area contributed by atoms with Crippen LogP contribution < -0.4 is 0 Å². The third-order valence-electron chi connectivity index (χ3n) is 2.70. The van der Waals surface area contributed by atoms with Crippen LogP contribution in [0.4, 0.5) is 0 Å². The van der Waals surface area contributed by atoms with Gasteiger partial charge in [0, 0.05) is 10.3 Å². The second-order valence-corrected chi connectivity index (χ2v) is 6.25. The Morgan fingerprint density at radius 1 is 1.12 bits per heavy atom. The predicted molar refractivity (Wildman–Crippen MR) is 79.0 cm³/mol. The normalized spacial score (nSPS) is 13.1.